The SMILES string of the molecule is COc1cc(OCC2CC2)cc(C(=O)NCC2CCN(c3ccnc(-c4ccc5oncc5c4)n3)CC2)c1. The van der Waals surface area contributed by atoms with E-state index in [0.29, 0.717) is 47.9 Å². The predicted molar refractivity (Wildman–Crippen MR) is 144 cm³/mol. The van der Waals surface area contributed by atoms with E-state index < -0.39 is 0 Å². The molecule has 196 valence electrons. The van der Waals surface area contributed by atoms with Crippen molar-refractivity contribution in [2.45, 2.75) is 25.7 Å². The summed E-state index contributed by atoms with van der Waals surface area (Å²) >= 11 is 0. The van der Waals surface area contributed by atoms with Gasteiger partial charge in [-0.3, -0.25) is 4.79 Å². The molecule has 0 radical (unpaired) electrons. The van der Waals surface area contributed by atoms with Gasteiger partial charge in [0.25, 0.3) is 5.91 Å². The largest absolute Gasteiger partial charge is 0.497 e. The van der Waals surface area contributed by atoms with Crippen molar-refractivity contribution in [3.05, 3.63) is 60.4 Å². The van der Waals surface area contributed by atoms with Gasteiger partial charge < -0.3 is 24.2 Å². The van der Waals surface area contributed by atoms with E-state index in [1.807, 2.05) is 30.3 Å². The molecule has 2 aliphatic rings. The second kappa shape index (κ2) is 10.7. The normalized spacial score (nSPS) is 16.0. The lowest BCUT2D eigenvalue weighted by Gasteiger charge is -2.33. The van der Waals surface area contributed by atoms with Crippen molar-refractivity contribution in [1.29, 1.82) is 0 Å². The zero-order valence-electron chi connectivity index (χ0n) is 21.4. The molecule has 1 saturated carbocycles. The number of nitrogens with one attached hydrogen (secondary N) is 1. The fraction of sp³-hybridized carbons (Fsp3) is 0.379. The topological polar surface area (TPSA) is 103 Å². The molecule has 1 aliphatic heterocycles. The molecule has 0 unspecified atom stereocenters. The highest BCUT2D eigenvalue weighted by atomic mass is 16.5. The van der Waals surface area contributed by atoms with Gasteiger partial charge in [-0.1, -0.05) is 5.16 Å². The van der Waals surface area contributed by atoms with Gasteiger partial charge in [0.1, 0.15) is 17.3 Å². The van der Waals surface area contributed by atoms with Crippen LogP contribution in [0.2, 0.25) is 0 Å². The average Bonchev–Trinajstić information content (AvgIpc) is 3.69. The molecule has 0 bridgehead atoms. The number of nitrogens with zero attached hydrogens (tertiary/aromatic N) is 4. The van der Waals surface area contributed by atoms with Gasteiger partial charge >= 0.3 is 0 Å². The Labute approximate surface area is 221 Å². The van der Waals surface area contributed by atoms with Gasteiger partial charge in [0.05, 0.1) is 19.9 Å². The number of hydrogen-bond donors (Lipinski definition) is 1. The lowest BCUT2D eigenvalue weighted by atomic mass is 9.96. The minimum Gasteiger partial charge on any atom is -0.497 e. The van der Waals surface area contributed by atoms with Gasteiger partial charge in [-0.2, -0.15) is 0 Å². The highest BCUT2D eigenvalue weighted by Gasteiger charge is 2.23. The number of benzene rings is 2. The number of carbonyl (C=O) groups excluding carboxylic acids is 1. The number of fused-ring (bicyclic) bond motifs is 1. The molecule has 1 amide bonds. The van der Waals surface area contributed by atoms with Crippen molar-refractivity contribution >= 4 is 22.7 Å². The Balaban J connectivity index is 1.03. The second-order valence-corrected chi connectivity index (χ2v) is 10.1. The Morgan fingerprint density at radius 1 is 1.05 bits per heavy atom. The molecule has 2 aromatic heterocycles. The van der Waals surface area contributed by atoms with Gasteiger partial charge in [0.2, 0.25) is 0 Å². The zero-order valence-corrected chi connectivity index (χ0v) is 21.4. The molecule has 1 N–H and O–H groups in total. The molecule has 2 aromatic carbocycles. The van der Waals surface area contributed by atoms with E-state index in [1.165, 1.54) is 12.8 Å². The van der Waals surface area contributed by atoms with Crippen molar-refractivity contribution in [1.82, 2.24) is 20.4 Å². The first kappa shape index (κ1) is 24.2. The molecule has 4 aromatic rings. The van der Waals surface area contributed by atoms with E-state index in [4.69, 9.17) is 19.0 Å². The molecule has 3 heterocycles. The number of hydrogen-bond acceptors (Lipinski definition) is 8. The maximum absolute atomic E-state index is 12.9. The fourth-order valence-electron chi connectivity index (χ4n) is 4.78. The predicted octanol–water partition coefficient (Wildman–Crippen LogP) is 4.73. The monoisotopic (exact) mass is 513 g/mol. The van der Waals surface area contributed by atoms with Crippen LogP contribution in [-0.2, 0) is 0 Å². The molecule has 1 aliphatic carbocycles. The first-order chi connectivity index (χ1) is 18.6. The molecular formula is C29H31N5O4. The summed E-state index contributed by atoms with van der Waals surface area (Å²) in [6.45, 7) is 3.08. The molecule has 38 heavy (non-hydrogen) atoms. The number of ether oxygens (including phenoxy) is 2. The summed E-state index contributed by atoms with van der Waals surface area (Å²) in [4.78, 5) is 24.5. The summed E-state index contributed by atoms with van der Waals surface area (Å²) in [6, 6.07) is 13.2. The fourth-order valence-corrected chi connectivity index (χ4v) is 4.78. The minimum absolute atomic E-state index is 0.104. The summed E-state index contributed by atoms with van der Waals surface area (Å²) in [7, 11) is 1.60. The first-order valence-electron chi connectivity index (χ1n) is 13.2. The second-order valence-electron chi connectivity index (χ2n) is 10.1. The molecule has 0 spiro atoms. The Kier molecular flexibility index (Phi) is 6.81. The van der Waals surface area contributed by atoms with Gasteiger partial charge in [-0.15, -0.1) is 0 Å². The number of methoxy groups -OCH3 is 1. The summed E-state index contributed by atoms with van der Waals surface area (Å²) < 4.78 is 16.5. The Morgan fingerprint density at radius 2 is 1.89 bits per heavy atom. The maximum Gasteiger partial charge on any atom is 0.251 e. The van der Waals surface area contributed by atoms with Crippen molar-refractivity contribution in [3.63, 3.8) is 0 Å². The van der Waals surface area contributed by atoms with Crippen LogP contribution in [0.25, 0.3) is 22.4 Å². The number of piperidine rings is 1. The van der Waals surface area contributed by atoms with E-state index >= 15 is 0 Å². The molecular weight excluding hydrogens is 482 g/mol. The standard InChI is InChI=1S/C29H31N5O4/c1-36-24-13-22(14-25(15-24)37-18-20-2-3-20)29(35)31-16-19-7-10-34(11-8-19)27-6-9-30-28(33-27)21-4-5-26-23(12-21)17-32-38-26/h4-6,9,12-15,17,19-20H,2-3,7-8,10-11,16,18H2,1H3,(H,31,35). The third kappa shape index (κ3) is 5.56. The quantitative estimate of drug-likeness (QED) is 0.343. The molecule has 9 nitrogen and oxygen atoms in total. The van der Waals surface area contributed by atoms with Crippen LogP contribution in [0, 0.1) is 11.8 Å². The van der Waals surface area contributed by atoms with Gasteiger partial charge in [-0.25, -0.2) is 9.97 Å². The van der Waals surface area contributed by atoms with E-state index in [-0.39, 0.29) is 5.91 Å². The Morgan fingerprint density at radius 3 is 2.71 bits per heavy atom. The van der Waals surface area contributed by atoms with Crippen LogP contribution in [0.5, 0.6) is 11.5 Å². The van der Waals surface area contributed by atoms with Gasteiger partial charge in [-0.05, 0) is 73.9 Å². The zero-order chi connectivity index (χ0) is 25.9. The van der Waals surface area contributed by atoms with Crippen LogP contribution in [0.1, 0.15) is 36.0 Å². The molecule has 6 rings (SSSR count). The van der Waals surface area contributed by atoms with E-state index in [0.717, 1.165) is 48.3 Å². The van der Waals surface area contributed by atoms with Crippen molar-refractivity contribution in [3.8, 4) is 22.9 Å². The van der Waals surface area contributed by atoms with Crippen LogP contribution in [0.3, 0.4) is 0 Å². The number of anilines is 1. The number of aromatic nitrogens is 3. The molecule has 2 fully saturated rings. The highest BCUT2D eigenvalue weighted by Crippen LogP contribution is 2.31. The van der Waals surface area contributed by atoms with Crippen LogP contribution in [0.4, 0.5) is 5.82 Å². The maximum atomic E-state index is 12.9. The van der Waals surface area contributed by atoms with Crippen LogP contribution >= 0.6 is 0 Å². The van der Waals surface area contributed by atoms with Crippen molar-refractivity contribution in [2.24, 2.45) is 11.8 Å². The minimum atomic E-state index is -0.104. The summed E-state index contributed by atoms with van der Waals surface area (Å²) in [5, 5.41) is 7.88. The number of rotatable bonds is 9. The first-order valence-corrected chi connectivity index (χ1v) is 13.2. The lowest BCUT2D eigenvalue weighted by molar-refractivity contribution is 0.0944. The van der Waals surface area contributed by atoms with Crippen LogP contribution in [-0.4, -0.2) is 54.4 Å². The highest BCUT2D eigenvalue weighted by molar-refractivity contribution is 5.95. The molecule has 0 atom stereocenters. The summed E-state index contributed by atoms with van der Waals surface area (Å²) in [5.41, 5.74) is 2.23. The van der Waals surface area contributed by atoms with Gasteiger partial charge in [0, 0.05) is 48.4 Å². The number of carbonyl (C=O) groups is 1. The lowest BCUT2D eigenvalue weighted by Crippen LogP contribution is -2.39. The van der Waals surface area contributed by atoms with Crippen molar-refractivity contribution in [2.75, 3.05) is 38.3 Å². The van der Waals surface area contributed by atoms with Gasteiger partial charge in [0.15, 0.2) is 11.4 Å². The summed E-state index contributed by atoms with van der Waals surface area (Å²) in [6.07, 6.45) is 7.88. The van der Waals surface area contributed by atoms with Crippen LogP contribution in [0.15, 0.2) is 59.4 Å². The summed E-state index contributed by atoms with van der Waals surface area (Å²) in [5.74, 6) is 3.85. The third-order valence-corrected chi connectivity index (χ3v) is 7.30. The van der Waals surface area contributed by atoms with Crippen molar-refractivity contribution < 1.29 is 18.8 Å². The average molecular weight is 514 g/mol. The van der Waals surface area contributed by atoms with Crippen LogP contribution < -0.4 is 19.7 Å². The third-order valence-electron chi connectivity index (χ3n) is 7.30. The molecule has 9 heteroatoms. The Bertz CT molecular complexity index is 1430. The smallest absolute Gasteiger partial charge is 0.251 e. The molecule has 1 saturated heterocycles. The Hall–Kier alpha value is -4.14. The van der Waals surface area contributed by atoms with E-state index in [1.54, 1.807) is 31.6 Å². The van der Waals surface area contributed by atoms with E-state index in [9.17, 15) is 4.79 Å². The number of amides is 1. The van der Waals surface area contributed by atoms with E-state index in [2.05, 4.69) is 20.4 Å².